The van der Waals surface area contributed by atoms with E-state index >= 15 is 0 Å². The maximum Gasteiger partial charge on any atom is 0.242 e. The number of carbonyl (C=O) groups excluding carboxylic acids is 2. The molecule has 0 bridgehead atoms. The van der Waals surface area contributed by atoms with Crippen LogP contribution in [0, 0.1) is 12.7 Å². The van der Waals surface area contributed by atoms with Gasteiger partial charge in [0.25, 0.3) is 0 Å². The Morgan fingerprint density at radius 3 is 2.37 bits per heavy atom. The maximum atomic E-state index is 14.0. The van der Waals surface area contributed by atoms with Gasteiger partial charge < -0.3 is 10.2 Å². The van der Waals surface area contributed by atoms with E-state index in [1.54, 1.807) is 25.1 Å². The van der Waals surface area contributed by atoms with Gasteiger partial charge in [0.2, 0.25) is 11.8 Å². The summed E-state index contributed by atoms with van der Waals surface area (Å²) in [6, 6.07) is 13.7. The fourth-order valence-electron chi connectivity index (χ4n) is 2.70. The van der Waals surface area contributed by atoms with Crippen molar-refractivity contribution in [3.05, 3.63) is 71.0 Å². The summed E-state index contributed by atoms with van der Waals surface area (Å²) in [5.41, 5.74) is 2.75. The summed E-state index contributed by atoms with van der Waals surface area (Å²) in [5, 5.41) is 2.56. The van der Waals surface area contributed by atoms with Crippen LogP contribution in [-0.2, 0) is 21.9 Å². The van der Waals surface area contributed by atoms with Gasteiger partial charge >= 0.3 is 0 Å². The number of carbonyl (C=O) groups is 2. The molecule has 1 unspecified atom stereocenters. The largest absolute Gasteiger partial charge is 0.357 e. The van der Waals surface area contributed by atoms with Crippen molar-refractivity contribution in [3.8, 4) is 0 Å². The van der Waals surface area contributed by atoms with E-state index in [1.807, 2.05) is 31.2 Å². The van der Waals surface area contributed by atoms with Crippen LogP contribution in [0.1, 0.15) is 23.6 Å². The van der Waals surface area contributed by atoms with E-state index in [4.69, 9.17) is 0 Å². The highest BCUT2D eigenvalue weighted by atomic mass is 32.2. The third-order valence-corrected chi connectivity index (χ3v) is 5.42. The van der Waals surface area contributed by atoms with Crippen LogP contribution in [0.3, 0.4) is 0 Å². The SMILES string of the molecule is CNC(=O)C(C)N(Cc1ccccc1F)C(=O)CSCc1ccccc1C. The lowest BCUT2D eigenvalue weighted by Crippen LogP contribution is -2.47. The van der Waals surface area contributed by atoms with E-state index in [1.165, 1.54) is 40.9 Å². The highest BCUT2D eigenvalue weighted by Crippen LogP contribution is 2.18. The van der Waals surface area contributed by atoms with Gasteiger partial charge in [0, 0.05) is 24.9 Å². The molecule has 0 aliphatic rings. The second-order valence-electron chi connectivity index (χ2n) is 6.32. The van der Waals surface area contributed by atoms with Gasteiger partial charge in [-0.2, -0.15) is 0 Å². The zero-order valence-corrected chi connectivity index (χ0v) is 16.7. The van der Waals surface area contributed by atoms with Crippen LogP contribution in [0.2, 0.25) is 0 Å². The molecule has 0 aliphatic carbocycles. The molecule has 0 radical (unpaired) electrons. The Labute approximate surface area is 164 Å². The highest BCUT2D eigenvalue weighted by molar-refractivity contribution is 7.99. The third-order valence-electron chi connectivity index (χ3n) is 4.46. The normalized spacial score (nSPS) is 11.7. The topological polar surface area (TPSA) is 49.4 Å². The van der Waals surface area contributed by atoms with Crippen LogP contribution in [0.25, 0.3) is 0 Å². The molecule has 1 atom stereocenters. The van der Waals surface area contributed by atoms with Crippen molar-refractivity contribution in [2.75, 3.05) is 12.8 Å². The summed E-state index contributed by atoms with van der Waals surface area (Å²) in [6.45, 7) is 3.75. The van der Waals surface area contributed by atoms with Crippen molar-refractivity contribution in [1.29, 1.82) is 0 Å². The van der Waals surface area contributed by atoms with Crippen LogP contribution >= 0.6 is 11.8 Å². The molecule has 2 aromatic carbocycles. The van der Waals surface area contributed by atoms with Gasteiger partial charge in [0.15, 0.2) is 0 Å². The fraction of sp³-hybridized carbons (Fsp3) is 0.333. The predicted molar refractivity (Wildman–Crippen MR) is 108 cm³/mol. The van der Waals surface area contributed by atoms with Gasteiger partial charge in [0.1, 0.15) is 11.9 Å². The number of amides is 2. The van der Waals surface area contributed by atoms with Crippen molar-refractivity contribution in [2.24, 2.45) is 0 Å². The minimum absolute atomic E-state index is 0.0605. The number of aryl methyl sites for hydroxylation is 1. The smallest absolute Gasteiger partial charge is 0.242 e. The monoisotopic (exact) mass is 388 g/mol. The zero-order chi connectivity index (χ0) is 19.8. The third kappa shape index (κ3) is 5.82. The number of hydrogen-bond acceptors (Lipinski definition) is 3. The molecule has 2 aromatic rings. The lowest BCUT2D eigenvalue weighted by atomic mass is 10.1. The molecular formula is C21H25FN2O2S. The average molecular weight is 389 g/mol. The summed E-state index contributed by atoms with van der Waals surface area (Å²) in [6.07, 6.45) is 0. The first kappa shape index (κ1) is 21.0. The number of thioether (sulfide) groups is 1. The van der Waals surface area contributed by atoms with Gasteiger partial charge in [-0.1, -0.05) is 42.5 Å². The minimum atomic E-state index is -0.679. The predicted octanol–water partition coefficient (Wildman–Crippen LogP) is 3.53. The molecule has 0 aromatic heterocycles. The van der Waals surface area contributed by atoms with Crippen molar-refractivity contribution in [1.82, 2.24) is 10.2 Å². The van der Waals surface area contributed by atoms with Crippen molar-refractivity contribution in [3.63, 3.8) is 0 Å². The van der Waals surface area contributed by atoms with Gasteiger partial charge in [-0.05, 0) is 31.0 Å². The summed E-state index contributed by atoms with van der Waals surface area (Å²) in [5.74, 6) is 0.0910. The van der Waals surface area contributed by atoms with E-state index in [0.717, 1.165) is 0 Å². The Morgan fingerprint density at radius 2 is 1.74 bits per heavy atom. The van der Waals surface area contributed by atoms with E-state index in [0.29, 0.717) is 11.3 Å². The minimum Gasteiger partial charge on any atom is -0.357 e. The van der Waals surface area contributed by atoms with Crippen molar-refractivity contribution in [2.45, 2.75) is 32.2 Å². The summed E-state index contributed by atoms with van der Waals surface area (Å²) < 4.78 is 14.0. The molecule has 6 heteroatoms. The Morgan fingerprint density at radius 1 is 1.11 bits per heavy atom. The summed E-state index contributed by atoms with van der Waals surface area (Å²) >= 11 is 1.49. The molecule has 4 nitrogen and oxygen atoms in total. The van der Waals surface area contributed by atoms with E-state index in [2.05, 4.69) is 5.32 Å². The molecule has 1 N–H and O–H groups in total. The standard InChI is InChI=1S/C21H25FN2O2S/c1-15-8-4-5-10-18(15)13-27-14-20(25)24(16(2)21(26)23-3)12-17-9-6-7-11-19(17)22/h4-11,16H,12-14H2,1-3H3,(H,23,26). The first-order chi connectivity index (χ1) is 12.9. The highest BCUT2D eigenvalue weighted by Gasteiger charge is 2.26. The maximum absolute atomic E-state index is 14.0. The van der Waals surface area contributed by atoms with Crippen molar-refractivity contribution >= 4 is 23.6 Å². The fourth-order valence-corrected chi connectivity index (χ4v) is 3.69. The van der Waals surface area contributed by atoms with E-state index in [9.17, 15) is 14.0 Å². The number of hydrogen-bond donors (Lipinski definition) is 1. The van der Waals surface area contributed by atoms with E-state index < -0.39 is 6.04 Å². The molecule has 0 fully saturated rings. The molecule has 0 saturated carbocycles. The van der Waals surface area contributed by atoms with Gasteiger partial charge in [-0.15, -0.1) is 11.8 Å². The molecule has 27 heavy (non-hydrogen) atoms. The molecule has 0 saturated heterocycles. The molecule has 0 heterocycles. The zero-order valence-electron chi connectivity index (χ0n) is 15.9. The van der Waals surface area contributed by atoms with Crippen LogP contribution in [0.4, 0.5) is 4.39 Å². The number of rotatable bonds is 8. The number of halogens is 1. The van der Waals surface area contributed by atoms with Crippen LogP contribution in [0.5, 0.6) is 0 Å². The van der Waals surface area contributed by atoms with Crippen molar-refractivity contribution < 1.29 is 14.0 Å². The molecule has 144 valence electrons. The number of nitrogens with zero attached hydrogens (tertiary/aromatic N) is 1. The molecule has 0 aliphatic heterocycles. The van der Waals surface area contributed by atoms with Crippen LogP contribution in [-0.4, -0.2) is 35.6 Å². The summed E-state index contributed by atoms with van der Waals surface area (Å²) in [7, 11) is 1.53. The second-order valence-corrected chi connectivity index (χ2v) is 7.31. The van der Waals surface area contributed by atoms with Crippen LogP contribution in [0.15, 0.2) is 48.5 Å². The lowest BCUT2D eigenvalue weighted by Gasteiger charge is -2.28. The number of nitrogens with one attached hydrogen (secondary N) is 1. The first-order valence-electron chi connectivity index (χ1n) is 8.80. The van der Waals surface area contributed by atoms with Crippen LogP contribution < -0.4 is 5.32 Å². The lowest BCUT2D eigenvalue weighted by molar-refractivity contribution is -0.138. The molecule has 0 spiro atoms. The Hall–Kier alpha value is -2.34. The molecular weight excluding hydrogens is 363 g/mol. The summed E-state index contributed by atoms with van der Waals surface area (Å²) in [4.78, 5) is 26.3. The average Bonchev–Trinajstić information content (AvgIpc) is 2.67. The molecule has 2 amide bonds. The quantitative estimate of drug-likeness (QED) is 0.753. The van der Waals surface area contributed by atoms with Gasteiger partial charge in [-0.25, -0.2) is 4.39 Å². The number of likely N-dealkylation sites (N-methyl/N-ethyl adjacent to an activating group) is 1. The van der Waals surface area contributed by atoms with E-state index in [-0.39, 0.29) is 29.9 Å². The Kier molecular flexibility index (Phi) is 7.85. The number of benzene rings is 2. The van der Waals surface area contributed by atoms with Gasteiger partial charge in [-0.3, -0.25) is 9.59 Å². The Balaban J connectivity index is 2.07. The second kappa shape index (κ2) is 10.1. The molecule has 2 rings (SSSR count). The van der Waals surface area contributed by atoms with Gasteiger partial charge in [0.05, 0.1) is 5.75 Å². The first-order valence-corrected chi connectivity index (χ1v) is 9.96. The Bertz CT molecular complexity index is 797.